The van der Waals surface area contributed by atoms with E-state index in [1.54, 1.807) is 22.0 Å². The Morgan fingerprint density at radius 3 is 1.81 bits per heavy atom. The second kappa shape index (κ2) is 12.1. The molecule has 0 saturated carbocycles. The highest BCUT2D eigenvalue weighted by molar-refractivity contribution is 14.2. The number of carbonyl (C=O) groups excluding carboxylic acids is 3. The first-order chi connectivity index (χ1) is 12.0. The number of hydrogen-bond donors (Lipinski definition) is 1. The summed E-state index contributed by atoms with van der Waals surface area (Å²) in [5.74, 6) is -3.50. The van der Waals surface area contributed by atoms with Crippen LogP contribution in [0.3, 0.4) is 0 Å². The highest BCUT2D eigenvalue weighted by atomic mass is 127. The molecule has 142 valence electrons. The molecular formula is C15H19BIO8P. The van der Waals surface area contributed by atoms with Crippen molar-refractivity contribution >= 4 is 58.9 Å². The number of aliphatic carboxylic acids is 1. The molecule has 11 heteroatoms. The Morgan fingerprint density at radius 1 is 1.08 bits per heavy atom. The first-order valence-corrected chi connectivity index (χ1v) is 11.5. The van der Waals surface area contributed by atoms with Crippen LogP contribution >= 0.6 is 27.5 Å². The second-order valence-electron chi connectivity index (χ2n) is 5.27. The first kappa shape index (κ1) is 24.6. The van der Waals surface area contributed by atoms with Crippen molar-refractivity contribution in [3.8, 4) is 0 Å². The fourth-order valence-electron chi connectivity index (χ4n) is 1.37. The van der Waals surface area contributed by atoms with E-state index in [9.17, 15) is 19.2 Å². The summed E-state index contributed by atoms with van der Waals surface area (Å²) >= 11 is 1.75. The molecular weight excluding hydrogens is 477 g/mol. The molecule has 0 aliphatic carbocycles. The number of esters is 3. The van der Waals surface area contributed by atoms with E-state index < -0.39 is 47.5 Å². The molecule has 1 N–H and O–H groups in total. The van der Waals surface area contributed by atoms with Crippen molar-refractivity contribution in [1.82, 2.24) is 0 Å². The van der Waals surface area contributed by atoms with E-state index >= 15 is 0 Å². The van der Waals surface area contributed by atoms with Crippen molar-refractivity contribution < 1.29 is 38.5 Å². The number of hydrogen-bond acceptors (Lipinski definition) is 7. The van der Waals surface area contributed by atoms with Gasteiger partial charge < -0.3 is 19.3 Å². The van der Waals surface area contributed by atoms with Crippen LogP contribution in [0.15, 0.2) is 24.3 Å². The summed E-state index contributed by atoms with van der Waals surface area (Å²) in [5, 5.41) is 9.07. The van der Waals surface area contributed by atoms with Gasteiger partial charge in [-0.3, -0.25) is 9.59 Å². The Hall–Kier alpha value is -1.42. The van der Waals surface area contributed by atoms with Crippen molar-refractivity contribution in [3.63, 3.8) is 0 Å². The molecule has 0 bridgehead atoms. The fourth-order valence-corrected chi connectivity index (χ4v) is 3.21. The molecule has 0 aromatic carbocycles. The van der Waals surface area contributed by atoms with Crippen molar-refractivity contribution in [3.05, 3.63) is 24.3 Å². The molecule has 0 aromatic heterocycles. The second-order valence-corrected chi connectivity index (χ2v) is 9.93. The topological polar surface area (TPSA) is 116 Å². The van der Waals surface area contributed by atoms with Crippen LogP contribution in [0.5, 0.6) is 0 Å². The third-order valence-corrected chi connectivity index (χ3v) is 5.75. The van der Waals surface area contributed by atoms with Crippen molar-refractivity contribution in [2.45, 2.75) is 32.0 Å². The third kappa shape index (κ3) is 9.91. The van der Waals surface area contributed by atoms with E-state index in [-0.39, 0.29) is 24.4 Å². The molecule has 0 amide bonds. The van der Waals surface area contributed by atoms with Gasteiger partial charge in [-0.05, 0) is 13.8 Å². The minimum Gasteiger partial charge on any atom is -0.481 e. The predicted octanol–water partition coefficient (Wildman–Crippen LogP) is 1.90. The average Bonchev–Trinajstić information content (AvgIpc) is 2.53. The van der Waals surface area contributed by atoms with E-state index in [0.717, 1.165) is 0 Å². The number of rotatable bonds is 11. The Kier molecular flexibility index (Phi) is 11.4. The van der Waals surface area contributed by atoms with Gasteiger partial charge in [0.2, 0.25) is 0 Å². The Morgan fingerprint density at radius 2 is 1.50 bits per heavy atom. The van der Waals surface area contributed by atoms with Gasteiger partial charge in [-0.1, -0.05) is 40.6 Å². The molecule has 26 heavy (non-hydrogen) atoms. The first-order valence-electron chi connectivity index (χ1n) is 7.23. The van der Waals surface area contributed by atoms with Crippen molar-refractivity contribution in [2.24, 2.45) is 0 Å². The maximum Gasteiger partial charge on any atom is 0.333 e. The van der Waals surface area contributed by atoms with Crippen LogP contribution in [-0.4, -0.2) is 61.5 Å². The molecule has 0 aliphatic rings. The van der Waals surface area contributed by atoms with Gasteiger partial charge in [-0.2, -0.15) is 0 Å². The highest BCUT2D eigenvalue weighted by Crippen LogP contribution is 2.46. The molecule has 2 atom stereocenters. The minimum atomic E-state index is -1.44. The molecule has 0 saturated heterocycles. The maximum absolute atomic E-state index is 12.0. The van der Waals surface area contributed by atoms with Gasteiger partial charge in [0.15, 0.2) is 6.10 Å². The smallest absolute Gasteiger partial charge is 0.333 e. The molecule has 0 heterocycles. The molecule has 2 unspecified atom stereocenters. The lowest BCUT2D eigenvalue weighted by Gasteiger charge is -2.20. The number of carboxylic acids is 1. The van der Waals surface area contributed by atoms with E-state index in [4.69, 9.17) is 26.9 Å². The zero-order valence-corrected chi connectivity index (χ0v) is 17.4. The Bertz CT molecular complexity index is 562. The summed E-state index contributed by atoms with van der Waals surface area (Å²) < 4.78 is 14.9. The molecule has 2 radical (unpaired) electrons. The number of ether oxygens (including phenoxy) is 3. The van der Waals surface area contributed by atoms with Gasteiger partial charge in [-0.15, -0.1) is 0 Å². The van der Waals surface area contributed by atoms with Gasteiger partial charge in [0.1, 0.15) is 20.8 Å². The van der Waals surface area contributed by atoms with Crippen LogP contribution in [0.1, 0.15) is 20.3 Å². The van der Waals surface area contributed by atoms with Crippen LogP contribution in [0, 0.1) is 0 Å². The SMILES string of the molecule is [B]P(I)C(CC(=O)OC(COC(=O)C(=C)C)COC(=O)C(=C)C)C(=O)O. The standard InChI is InChI=1S/C15H19BIO8P/c1-8(2)14(21)23-6-10(7-24-15(22)9(3)4)25-12(18)5-11(13(19)20)26(16)17/h10-11H,1,3,5-7H2,2,4H3,(H,19,20). The van der Waals surface area contributed by atoms with Crippen LogP contribution in [0.25, 0.3) is 0 Å². The van der Waals surface area contributed by atoms with Crippen molar-refractivity contribution in [2.75, 3.05) is 13.2 Å². The van der Waals surface area contributed by atoms with Gasteiger partial charge in [0, 0.05) is 11.1 Å². The predicted molar refractivity (Wildman–Crippen MR) is 104 cm³/mol. The summed E-state index contributed by atoms with van der Waals surface area (Å²) in [7, 11) is 5.58. The minimum absolute atomic E-state index is 0.138. The molecule has 0 aliphatic heterocycles. The zero-order valence-electron chi connectivity index (χ0n) is 14.4. The van der Waals surface area contributed by atoms with E-state index in [2.05, 4.69) is 13.2 Å². The average molecular weight is 496 g/mol. The lowest BCUT2D eigenvalue weighted by molar-refractivity contribution is -0.164. The zero-order chi connectivity index (χ0) is 20.4. The Balaban J connectivity index is 4.90. The van der Waals surface area contributed by atoms with Gasteiger partial charge in [-0.25, -0.2) is 9.59 Å². The lowest BCUT2D eigenvalue weighted by Crippen LogP contribution is -2.32. The third-order valence-electron chi connectivity index (χ3n) is 2.74. The van der Waals surface area contributed by atoms with Gasteiger partial charge >= 0.3 is 23.9 Å². The normalized spacial score (nSPS) is 12.6. The van der Waals surface area contributed by atoms with E-state index in [1.807, 2.05) is 0 Å². The van der Waals surface area contributed by atoms with Gasteiger partial charge in [0.25, 0.3) is 0 Å². The van der Waals surface area contributed by atoms with Gasteiger partial charge in [0.05, 0.1) is 12.1 Å². The summed E-state index contributed by atoms with van der Waals surface area (Å²) in [4.78, 5) is 46.0. The van der Waals surface area contributed by atoms with E-state index in [1.165, 1.54) is 13.8 Å². The van der Waals surface area contributed by atoms with Crippen LogP contribution < -0.4 is 0 Å². The monoisotopic (exact) mass is 496 g/mol. The van der Waals surface area contributed by atoms with Crippen LogP contribution in [0.4, 0.5) is 0 Å². The van der Waals surface area contributed by atoms with Crippen LogP contribution in [0.2, 0.25) is 0 Å². The van der Waals surface area contributed by atoms with Crippen LogP contribution in [-0.2, 0) is 33.4 Å². The summed E-state index contributed by atoms with van der Waals surface area (Å²) in [6.45, 7) is 8.92. The maximum atomic E-state index is 12.0. The molecule has 8 nitrogen and oxygen atoms in total. The summed E-state index contributed by atoms with van der Waals surface area (Å²) in [6.07, 6.45) is -1.57. The highest BCUT2D eigenvalue weighted by Gasteiger charge is 2.28. The fraction of sp³-hybridized carbons (Fsp3) is 0.467. The van der Waals surface area contributed by atoms with Crippen molar-refractivity contribution in [1.29, 1.82) is 0 Å². The Labute approximate surface area is 166 Å². The largest absolute Gasteiger partial charge is 0.481 e. The quantitative estimate of drug-likeness (QED) is 0.115. The number of halogens is 1. The molecule has 0 aromatic rings. The molecule has 0 spiro atoms. The molecule has 0 rings (SSSR count). The van der Waals surface area contributed by atoms with E-state index in [0.29, 0.717) is 0 Å². The summed E-state index contributed by atoms with van der Waals surface area (Å²) in [6, 6.07) is 0. The molecule has 0 fully saturated rings. The number of carbonyl (C=O) groups is 4. The summed E-state index contributed by atoms with van der Waals surface area (Å²) in [5.41, 5.74) is -2.25. The number of carboxylic acid groups (broad SMARTS) is 1. The lowest BCUT2D eigenvalue weighted by atomic mass is 10.3.